The first-order valence-electron chi connectivity index (χ1n) is 5.51. The van der Waals surface area contributed by atoms with Crippen molar-refractivity contribution in [2.24, 2.45) is 0 Å². The summed E-state index contributed by atoms with van der Waals surface area (Å²) in [5.74, 6) is -0.982. The molecule has 2 aromatic carbocycles. The molecule has 2 aromatic rings. The van der Waals surface area contributed by atoms with Crippen LogP contribution in [0.2, 0.25) is 5.02 Å². The van der Waals surface area contributed by atoms with Gasteiger partial charge in [0.05, 0.1) is 11.3 Å². The molecule has 0 saturated heterocycles. The van der Waals surface area contributed by atoms with Gasteiger partial charge in [-0.05, 0) is 36.4 Å². The topological polar surface area (TPSA) is 52.9 Å². The summed E-state index contributed by atoms with van der Waals surface area (Å²) in [7, 11) is 0. The molecular weight excluding hydrogens is 299 g/mol. The second-order valence-corrected chi connectivity index (χ2v) is 4.84. The second kappa shape index (κ2) is 5.95. The van der Waals surface area contributed by atoms with Crippen LogP contribution in [0.4, 0.5) is 10.1 Å². The Morgan fingerprint density at radius 2 is 2.05 bits per heavy atom. The fourth-order valence-corrected chi connectivity index (χ4v) is 1.95. The molecule has 0 unspecified atom stereocenters. The van der Waals surface area contributed by atoms with E-state index in [9.17, 15) is 9.18 Å². The first-order chi connectivity index (χ1) is 9.51. The van der Waals surface area contributed by atoms with E-state index in [1.54, 1.807) is 6.07 Å². The van der Waals surface area contributed by atoms with Gasteiger partial charge in [0, 0.05) is 15.5 Å². The molecule has 0 aliphatic rings. The fraction of sp³-hybridized carbons (Fsp3) is 0. The summed E-state index contributed by atoms with van der Waals surface area (Å²) >= 11 is 9.74. The third-order valence-corrected chi connectivity index (χ3v) is 3.14. The Bertz CT molecular complexity index is 728. The standard InChI is InChI=1S/C14H8ClFN2OS/c15-10-3-1-9(7-17)12(6-10)18-14(19)8-2-4-11(16)13(20)5-8/h1-6,20H,(H,18,19). The molecule has 20 heavy (non-hydrogen) atoms. The van der Waals surface area contributed by atoms with Crippen LogP contribution in [-0.2, 0) is 0 Å². The van der Waals surface area contributed by atoms with Crippen LogP contribution < -0.4 is 5.32 Å². The molecule has 0 atom stereocenters. The van der Waals surface area contributed by atoms with Crippen LogP contribution in [0.25, 0.3) is 0 Å². The molecule has 1 N–H and O–H groups in total. The summed E-state index contributed by atoms with van der Waals surface area (Å²) in [6.07, 6.45) is 0. The predicted octanol–water partition coefficient (Wildman–Crippen LogP) is 3.89. The number of thiol groups is 1. The Kier molecular flexibility index (Phi) is 4.28. The molecule has 0 radical (unpaired) electrons. The van der Waals surface area contributed by atoms with E-state index < -0.39 is 11.7 Å². The average Bonchev–Trinajstić information content (AvgIpc) is 2.42. The van der Waals surface area contributed by atoms with Crippen LogP contribution in [0.15, 0.2) is 41.3 Å². The van der Waals surface area contributed by atoms with Crippen LogP contribution in [0.1, 0.15) is 15.9 Å². The predicted molar refractivity (Wildman–Crippen MR) is 77.8 cm³/mol. The molecule has 0 bridgehead atoms. The molecule has 0 fully saturated rings. The summed E-state index contributed by atoms with van der Waals surface area (Å²) in [6.45, 7) is 0. The summed E-state index contributed by atoms with van der Waals surface area (Å²) in [5.41, 5.74) is 0.825. The van der Waals surface area contributed by atoms with Crippen LogP contribution in [0, 0.1) is 17.1 Å². The number of rotatable bonds is 2. The van der Waals surface area contributed by atoms with Crippen molar-refractivity contribution in [3.05, 3.63) is 58.4 Å². The lowest BCUT2D eigenvalue weighted by atomic mass is 10.1. The molecule has 0 spiro atoms. The van der Waals surface area contributed by atoms with E-state index in [0.29, 0.717) is 10.7 Å². The maximum Gasteiger partial charge on any atom is 0.255 e. The molecule has 6 heteroatoms. The van der Waals surface area contributed by atoms with E-state index in [-0.39, 0.29) is 16.0 Å². The number of carbonyl (C=O) groups is 1. The SMILES string of the molecule is N#Cc1ccc(Cl)cc1NC(=O)c1ccc(F)c(S)c1. The number of amides is 1. The lowest BCUT2D eigenvalue weighted by Crippen LogP contribution is -2.13. The highest BCUT2D eigenvalue weighted by molar-refractivity contribution is 7.80. The first kappa shape index (κ1) is 14.4. The van der Waals surface area contributed by atoms with Gasteiger partial charge < -0.3 is 5.32 Å². The number of halogens is 2. The zero-order valence-corrected chi connectivity index (χ0v) is 11.7. The Labute approximate surface area is 125 Å². The number of carbonyl (C=O) groups excluding carboxylic acids is 1. The van der Waals surface area contributed by atoms with Gasteiger partial charge in [-0.1, -0.05) is 11.6 Å². The normalized spacial score (nSPS) is 9.90. The molecule has 0 saturated carbocycles. The smallest absolute Gasteiger partial charge is 0.255 e. The third-order valence-electron chi connectivity index (χ3n) is 2.56. The van der Waals surface area contributed by atoms with Crippen LogP contribution >= 0.6 is 24.2 Å². The van der Waals surface area contributed by atoms with Crippen molar-refractivity contribution in [2.75, 3.05) is 5.32 Å². The molecule has 2 rings (SSSR count). The summed E-state index contributed by atoms with van der Waals surface area (Å²) in [5, 5.41) is 11.9. The summed E-state index contributed by atoms with van der Waals surface area (Å²) < 4.78 is 13.1. The van der Waals surface area contributed by atoms with Gasteiger partial charge in [0.25, 0.3) is 5.91 Å². The van der Waals surface area contributed by atoms with E-state index in [4.69, 9.17) is 16.9 Å². The van der Waals surface area contributed by atoms with E-state index in [2.05, 4.69) is 17.9 Å². The summed E-state index contributed by atoms with van der Waals surface area (Å²) in [4.78, 5) is 12.1. The van der Waals surface area contributed by atoms with Crippen molar-refractivity contribution < 1.29 is 9.18 Å². The minimum Gasteiger partial charge on any atom is -0.321 e. The lowest BCUT2D eigenvalue weighted by molar-refractivity contribution is 0.102. The van der Waals surface area contributed by atoms with Gasteiger partial charge in [-0.2, -0.15) is 5.26 Å². The fourth-order valence-electron chi connectivity index (χ4n) is 1.57. The minimum atomic E-state index is -0.509. The van der Waals surface area contributed by atoms with Gasteiger partial charge in [-0.3, -0.25) is 4.79 Å². The number of nitrogens with one attached hydrogen (secondary N) is 1. The second-order valence-electron chi connectivity index (χ2n) is 3.92. The van der Waals surface area contributed by atoms with Gasteiger partial charge in [0.1, 0.15) is 11.9 Å². The van der Waals surface area contributed by atoms with Gasteiger partial charge in [0.2, 0.25) is 0 Å². The third kappa shape index (κ3) is 3.10. The number of nitriles is 1. The number of anilines is 1. The molecule has 0 aliphatic carbocycles. The summed E-state index contributed by atoms with van der Waals surface area (Å²) in [6, 6.07) is 10.3. The maximum absolute atomic E-state index is 13.1. The van der Waals surface area contributed by atoms with Crippen LogP contribution in [0.5, 0.6) is 0 Å². The molecule has 0 aliphatic heterocycles. The van der Waals surface area contributed by atoms with E-state index in [0.717, 1.165) is 6.07 Å². The molecule has 0 heterocycles. The van der Waals surface area contributed by atoms with Gasteiger partial charge in [-0.15, -0.1) is 12.6 Å². The number of hydrogen-bond acceptors (Lipinski definition) is 3. The molecule has 0 aromatic heterocycles. The number of nitrogens with zero attached hydrogens (tertiary/aromatic N) is 1. The number of hydrogen-bond donors (Lipinski definition) is 2. The van der Waals surface area contributed by atoms with Crippen molar-refractivity contribution in [3.63, 3.8) is 0 Å². The molecular formula is C14H8ClFN2OS. The number of benzene rings is 2. The van der Waals surface area contributed by atoms with E-state index in [1.165, 1.54) is 24.3 Å². The molecule has 1 amide bonds. The van der Waals surface area contributed by atoms with Crippen molar-refractivity contribution in [3.8, 4) is 6.07 Å². The lowest BCUT2D eigenvalue weighted by Gasteiger charge is -2.08. The monoisotopic (exact) mass is 306 g/mol. The van der Waals surface area contributed by atoms with Crippen molar-refractivity contribution in [1.82, 2.24) is 0 Å². The molecule has 100 valence electrons. The van der Waals surface area contributed by atoms with Gasteiger partial charge >= 0.3 is 0 Å². The highest BCUT2D eigenvalue weighted by Gasteiger charge is 2.11. The quantitative estimate of drug-likeness (QED) is 0.827. The van der Waals surface area contributed by atoms with Gasteiger partial charge in [-0.25, -0.2) is 4.39 Å². The largest absolute Gasteiger partial charge is 0.321 e. The highest BCUT2D eigenvalue weighted by Crippen LogP contribution is 2.22. The Morgan fingerprint density at radius 3 is 2.70 bits per heavy atom. The highest BCUT2D eigenvalue weighted by atomic mass is 35.5. The zero-order chi connectivity index (χ0) is 14.7. The van der Waals surface area contributed by atoms with Crippen LogP contribution in [0.3, 0.4) is 0 Å². The average molecular weight is 307 g/mol. The Hall–Kier alpha value is -2.03. The van der Waals surface area contributed by atoms with E-state index in [1.807, 2.05) is 6.07 Å². The first-order valence-corrected chi connectivity index (χ1v) is 6.33. The zero-order valence-electron chi connectivity index (χ0n) is 10.0. The maximum atomic E-state index is 13.1. The van der Waals surface area contributed by atoms with Crippen molar-refractivity contribution >= 4 is 35.8 Å². The van der Waals surface area contributed by atoms with Crippen LogP contribution in [-0.4, -0.2) is 5.91 Å². The van der Waals surface area contributed by atoms with Crippen molar-refractivity contribution in [1.29, 1.82) is 5.26 Å². The Morgan fingerprint density at radius 1 is 1.30 bits per heavy atom. The van der Waals surface area contributed by atoms with Crippen molar-refractivity contribution in [2.45, 2.75) is 4.90 Å². The minimum absolute atomic E-state index is 0.0734. The van der Waals surface area contributed by atoms with Gasteiger partial charge in [0.15, 0.2) is 0 Å². The molecule has 3 nitrogen and oxygen atoms in total. The Balaban J connectivity index is 2.30. The van der Waals surface area contributed by atoms with E-state index >= 15 is 0 Å².